The van der Waals surface area contributed by atoms with Crippen LogP contribution in [0.4, 0.5) is 10.5 Å². The van der Waals surface area contributed by atoms with Crippen molar-refractivity contribution < 1.29 is 52.3 Å². The van der Waals surface area contributed by atoms with E-state index >= 15 is 0 Å². The fourth-order valence-electron chi connectivity index (χ4n) is 2.76. The summed E-state index contributed by atoms with van der Waals surface area (Å²) in [6, 6.07) is 3.58. The van der Waals surface area contributed by atoms with Crippen molar-refractivity contribution in [3.8, 4) is 0 Å². The Kier molecular flexibility index (Phi) is 9.06. The molecule has 2 amide bonds. The zero-order chi connectivity index (χ0) is 22.1. The molecule has 0 aliphatic rings. The van der Waals surface area contributed by atoms with Gasteiger partial charge in [-0.15, -0.1) is 0 Å². The van der Waals surface area contributed by atoms with Crippen LogP contribution in [0.1, 0.15) is 70.1 Å². The molecule has 0 unspecified atom stereocenters. The molecular formula is C20H26ClN2NaO5S. The maximum atomic E-state index is 12.5. The van der Waals surface area contributed by atoms with E-state index in [1.165, 1.54) is 13.8 Å². The second-order valence-corrected chi connectivity index (χ2v) is 9.95. The van der Waals surface area contributed by atoms with E-state index in [-0.39, 0.29) is 47.0 Å². The number of amides is 2. The molecule has 2 rings (SSSR count). The molecular weight excluding hydrogens is 439 g/mol. The molecule has 160 valence electrons. The Labute approximate surface area is 204 Å². The summed E-state index contributed by atoms with van der Waals surface area (Å²) in [6.07, 6.45) is 1.12. The summed E-state index contributed by atoms with van der Waals surface area (Å²) in [7, 11) is -4.38. The van der Waals surface area contributed by atoms with Gasteiger partial charge in [-0.3, -0.25) is 4.79 Å². The van der Waals surface area contributed by atoms with Gasteiger partial charge in [0.15, 0.2) is 6.03 Å². The molecule has 0 bridgehead atoms. The van der Waals surface area contributed by atoms with Gasteiger partial charge in [0.05, 0.1) is 11.9 Å². The number of urea groups is 1. The number of furan rings is 1. The van der Waals surface area contributed by atoms with Crippen LogP contribution >= 0.6 is 11.6 Å². The Morgan fingerprint density at radius 3 is 2.03 bits per heavy atom. The molecule has 1 aromatic carbocycles. The minimum absolute atomic E-state index is 0. The number of carbonyl (C=O) groups excluding carboxylic acids is 1. The summed E-state index contributed by atoms with van der Waals surface area (Å²) in [5, 5.41) is 12.6. The van der Waals surface area contributed by atoms with Crippen LogP contribution in [0.3, 0.4) is 0 Å². The fourth-order valence-corrected chi connectivity index (χ4v) is 3.80. The van der Waals surface area contributed by atoms with E-state index < -0.39 is 26.7 Å². The Hall–Kier alpha value is -1.03. The number of sulfonamides is 1. The van der Waals surface area contributed by atoms with Crippen molar-refractivity contribution in [2.24, 2.45) is 0 Å². The molecule has 0 aliphatic heterocycles. The van der Waals surface area contributed by atoms with E-state index in [0.717, 1.165) is 23.5 Å². The van der Waals surface area contributed by atoms with Crippen molar-refractivity contribution in [1.29, 1.82) is 0 Å². The van der Waals surface area contributed by atoms with Gasteiger partial charge < -0.3 is 19.6 Å². The van der Waals surface area contributed by atoms with E-state index in [1.54, 1.807) is 12.1 Å². The standard InChI is InChI=1S/C20H27ClN2O5S.Na/c1-11(2)15-8-14(21)9-16(12(3)4)18(15)22-19(24)23-29(26,27)17-7-13(10-28-17)20(5,6)25;/h7-12,25H,1-6H3,(H2,22,23,24);/q;+1/p-1. The topological polar surface area (TPSA) is 111 Å². The third-order valence-corrected chi connectivity index (χ3v) is 5.73. The van der Waals surface area contributed by atoms with E-state index in [1.807, 2.05) is 27.7 Å². The summed E-state index contributed by atoms with van der Waals surface area (Å²) >= 11 is 6.21. The fraction of sp³-hybridized carbons (Fsp3) is 0.450. The number of halogens is 1. The monoisotopic (exact) mass is 464 g/mol. The van der Waals surface area contributed by atoms with Crippen molar-refractivity contribution in [3.05, 3.63) is 50.9 Å². The Morgan fingerprint density at radius 1 is 1.13 bits per heavy atom. The Balaban J connectivity index is 0.00000450. The molecule has 7 nitrogen and oxygen atoms in total. The van der Waals surface area contributed by atoms with E-state index in [2.05, 4.69) is 10.0 Å². The average molecular weight is 465 g/mol. The van der Waals surface area contributed by atoms with E-state index in [4.69, 9.17) is 16.0 Å². The van der Waals surface area contributed by atoms with Gasteiger partial charge in [-0.1, -0.05) is 39.3 Å². The number of aliphatic hydroxyl groups is 1. The molecule has 30 heavy (non-hydrogen) atoms. The quantitative estimate of drug-likeness (QED) is 0.638. The summed E-state index contributed by atoms with van der Waals surface area (Å²) in [5.41, 5.74) is 1.03. The van der Waals surface area contributed by atoms with Gasteiger partial charge in [-0.05, 0) is 54.6 Å². The van der Waals surface area contributed by atoms with Crippen LogP contribution in [0, 0.1) is 0 Å². The summed E-state index contributed by atoms with van der Waals surface area (Å²) in [5.74, 6) is 0.0787. The molecule has 0 fully saturated rings. The number of benzene rings is 1. The number of carbonyl (C=O) groups is 1. The molecule has 0 atom stereocenters. The molecule has 0 radical (unpaired) electrons. The predicted molar refractivity (Wildman–Crippen MR) is 113 cm³/mol. The number of nitrogens with one attached hydrogen (secondary N) is 1. The second kappa shape index (κ2) is 10.1. The van der Waals surface area contributed by atoms with Crippen molar-refractivity contribution in [3.63, 3.8) is 0 Å². The molecule has 1 aromatic heterocycles. The van der Waals surface area contributed by atoms with Crippen molar-refractivity contribution in [2.75, 3.05) is 5.32 Å². The summed E-state index contributed by atoms with van der Waals surface area (Å²) < 4.78 is 33.2. The first-order valence-electron chi connectivity index (χ1n) is 9.16. The van der Waals surface area contributed by atoms with Crippen molar-refractivity contribution in [2.45, 2.75) is 64.1 Å². The average Bonchev–Trinajstić information content (AvgIpc) is 3.06. The largest absolute Gasteiger partial charge is 1.00 e. The van der Waals surface area contributed by atoms with Gasteiger partial charge in [0, 0.05) is 16.7 Å². The van der Waals surface area contributed by atoms with Crippen LogP contribution in [0.5, 0.6) is 0 Å². The normalized spacial score (nSPS) is 12.1. The maximum Gasteiger partial charge on any atom is 1.00 e. The van der Waals surface area contributed by atoms with Gasteiger partial charge in [-0.25, -0.2) is 8.42 Å². The zero-order valence-corrected chi connectivity index (χ0v) is 21.9. The van der Waals surface area contributed by atoms with Gasteiger partial charge in [-0.2, -0.15) is 0 Å². The molecule has 0 spiro atoms. The predicted octanol–water partition coefficient (Wildman–Crippen LogP) is 2.71. The third kappa shape index (κ3) is 6.48. The first-order valence-corrected chi connectivity index (χ1v) is 11.0. The minimum atomic E-state index is -4.38. The number of hydrogen-bond donors (Lipinski definition) is 2. The Morgan fingerprint density at radius 2 is 1.63 bits per heavy atom. The van der Waals surface area contributed by atoms with Crippen LogP contribution in [-0.2, 0) is 15.6 Å². The minimum Gasteiger partial charge on any atom is -0.452 e. The number of rotatable bonds is 6. The zero-order valence-electron chi connectivity index (χ0n) is 18.3. The van der Waals surface area contributed by atoms with Gasteiger partial charge >= 0.3 is 29.6 Å². The van der Waals surface area contributed by atoms with Crippen LogP contribution in [0.2, 0.25) is 5.02 Å². The molecule has 0 saturated heterocycles. The van der Waals surface area contributed by atoms with Gasteiger partial charge in [0.1, 0.15) is 0 Å². The number of hydrogen-bond acceptors (Lipinski definition) is 5. The smallest absolute Gasteiger partial charge is 0.452 e. The summed E-state index contributed by atoms with van der Waals surface area (Å²) in [4.78, 5) is 12.5. The van der Waals surface area contributed by atoms with E-state index in [0.29, 0.717) is 10.7 Å². The van der Waals surface area contributed by atoms with Crippen molar-refractivity contribution >= 4 is 33.3 Å². The Bertz CT molecular complexity index is 981. The second-order valence-electron chi connectivity index (χ2n) is 7.98. The van der Waals surface area contributed by atoms with E-state index in [9.17, 15) is 18.3 Å². The first kappa shape index (κ1) is 27.0. The third-order valence-electron chi connectivity index (χ3n) is 4.38. The maximum absolute atomic E-state index is 12.5. The van der Waals surface area contributed by atoms with Gasteiger partial charge in [0.25, 0.3) is 0 Å². The van der Waals surface area contributed by atoms with Crippen LogP contribution in [0.25, 0.3) is 4.72 Å². The molecule has 0 aliphatic carbocycles. The van der Waals surface area contributed by atoms with Crippen molar-refractivity contribution in [1.82, 2.24) is 0 Å². The first-order chi connectivity index (χ1) is 13.2. The molecule has 1 heterocycles. The SMILES string of the molecule is CC(C)c1cc(Cl)cc(C(C)C)c1NC(=O)[N-]S(=O)(=O)c1cc(C(C)(C)O)co1.[Na+]. The van der Waals surface area contributed by atoms with Crippen LogP contribution in [0.15, 0.2) is 34.0 Å². The van der Waals surface area contributed by atoms with Crippen LogP contribution < -0.4 is 34.9 Å². The molecule has 2 aromatic rings. The number of anilines is 1. The molecule has 10 heteroatoms. The van der Waals surface area contributed by atoms with Crippen LogP contribution in [-0.4, -0.2) is 19.6 Å². The molecule has 0 saturated carbocycles. The van der Waals surface area contributed by atoms with Gasteiger partial charge in [0.2, 0.25) is 15.1 Å². The summed E-state index contributed by atoms with van der Waals surface area (Å²) in [6.45, 7) is 10.8. The number of nitrogens with zero attached hydrogens (tertiary/aromatic N) is 1. The molecule has 2 N–H and O–H groups in total.